The number of amides is 5. The second kappa shape index (κ2) is 14.6. The zero-order valence-corrected chi connectivity index (χ0v) is 33.0. The van der Waals surface area contributed by atoms with Gasteiger partial charge >= 0.3 is 0 Å². The summed E-state index contributed by atoms with van der Waals surface area (Å²) in [6, 6.07) is 16.2. The van der Waals surface area contributed by atoms with E-state index in [9.17, 15) is 29.1 Å². The molecule has 0 aliphatic carbocycles. The van der Waals surface area contributed by atoms with E-state index < -0.39 is 35.3 Å². The second-order valence-corrected chi connectivity index (χ2v) is 16.0. The molecule has 4 aliphatic rings. The van der Waals surface area contributed by atoms with Crippen molar-refractivity contribution in [3.05, 3.63) is 94.2 Å². The predicted molar refractivity (Wildman–Crippen MR) is 218 cm³/mol. The Labute approximate surface area is 339 Å². The average molecular weight is 797 g/mol. The van der Waals surface area contributed by atoms with Gasteiger partial charge in [0.05, 0.1) is 28.5 Å². The standard InChI is InChI=1S/C43H44N10O6/c1-24-5-4-6-25(2)36(24)47-37-32-22-44-42(48-38(32)50(3)49-37)45-28-8-7-26-13-16-52(23-27(26)19-28)35(55)21-43(59)14-17-51(18-15-43)29-9-10-30-31(20-29)41(58)53(40(30)57)33-11-12-34(54)46-39(33)56/h4-10,19-20,22,33,59H,11-18,21,23H2,1-3H3,(H,47,49)(H,44,45,48)(H,46,54,56). The molecule has 3 aromatic carbocycles. The number of aliphatic hydroxyl groups is 1. The van der Waals surface area contributed by atoms with Crippen molar-refractivity contribution in [3.8, 4) is 0 Å². The Bertz CT molecular complexity index is 2570. The highest BCUT2D eigenvalue weighted by Crippen LogP contribution is 2.35. The zero-order chi connectivity index (χ0) is 41.2. The van der Waals surface area contributed by atoms with Gasteiger partial charge in [0.2, 0.25) is 23.7 Å². The number of rotatable bonds is 8. The summed E-state index contributed by atoms with van der Waals surface area (Å²) in [7, 11) is 1.85. The van der Waals surface area contributed by atoms with Crippen LogP contribution in [0, 0.1) is 13.8 Å². The first-order valence-corrected chi connectivity index (χ1v) is 19.9. The van der Waals surface area contributed by atoms with Gasteiger partial charge in [-0.2, -0.15) is 10.1 Å². The first kappa shape index (κ1) is 37.9. The Kier molecular flexibility index (Phi) is 9.38. The van der Waals surface area contributed by atoms with E-state index in [2.05, 4.69) is 58.1 Å². The van der Waals surface area contributed by atoms with Crippen molar-refractivity contribution >= 4 is 69.4 Å². The van der Waals surface area contributed by atoms with Crippen molar-refractivity contribution in [2.45, 2.75) is 70.6 Å². The Balaban J connectivity index is 0.817. The summed E-state index contributed by atoms with van der Waals surface area (Å²) in [4.78, 5) is 78.5. The van der Waals surface area contributed by atoms with Crippen LogP contribution in [-0.2, 0) is 34.4 Å². The first-order valence-electron chi connectivity index (χ1n) is 19.9. The van der Waals surface area contributed by atoms with E-state index in [1.807, 2.05) is 30.1 Å². The van der Waals surface area contributed by atoms with E-state index >= 15 is 0 Å². The van der Waals surface area contributed by atoms with Crippen LogP contribution in [0.25, 0.3) is 11.0 Å². The number of hydrogen-bond donors (Lipinski definition) is 4. The van der Waals surface area contributed by atoms with E-state index in [1.165, 1.54) is 0 Å². The lowest BCUT2D eigenvalue weighted by Gasteiger charge is -2.40. The van der Waals surface area contributed by atoms with Gasteiger partial charge in [0, 0.05) is 62.9 Å². The van der Waals surface area contributed by atoms with Crippen molar-refractivity contribution in [1.82, 2.24) is 34.9 Å². The maximum absolute atomic E-state index is 13.7. The number of aromatic nitrogens is 4. The van der Waals surface area contributed by atoms with Crippen molar-refractivity contribution in [2.24, 2.45) is 7.05 Å². The fourth-order valence-corrected chi connectivity index (χ4v) is 8.70. The molecule has 302 valence electrons. The fraction of sp³-hybridized carbons (Fsp3) is 0.349. The normalized spacial score (nSPS) is 18.8. The van der Waals surface area contributed by atoms with Gasteiger partial charge in [0.15, 0.2) is 11.5 Å². The van der Waals surface area contributed by atoms with Gasteiger partial charge in [-0.15, -0.1) is 0 Å². The number of nitrogens with zero attached hydrogens (tertiary/aromatic N) is 7. The SMILES string of the molecule is Cc1cccc(C)c1Nc1nn(C)c2nc(Nc3ccc4c(c3)CN(C(=O)CC3(O)CCN(c5ccc6c(c5)C(=O)N(C5CCC(=O)NC5=O)C6=O)CC3)CC4)ncc12. The number of nitrogens with one attached hydrogen (secondary N) is 3. The number of hydrogen-bond acceptors (Lipinski definition) is 12. The van der Waals surface area contributed by atoms with Crippen molar-refractivity contribution in [2.75, 3.05) is 35.2 Å². The third-order valence-corrected chi connectivity index (χ3v) is 12.1. The summed E-state index contributed by atoms with van der Waals surface area (Å²) in [6.07, 6.45) is 3.26. The molecule has 16 heteroatoms. The van der Waals surface area contributed by atoms with Gasteiger partial charge in [-0.3, -0.25) is 34.2 Å². The second-order valence-electron chi connectivity index (χ2n) is 16.0. The largest absolute Gasteiger partial charge is 0.389 e. The summed E-state index contributed by atoms with van der Waals surface area (Å²) in [5.41, 5.74) is 6.80. The van der Waals surface area contributed by atoms with Crippen LogP contribution in [-0.4, -0.2) is 95.5 Å². The van der Waals surface area contributed by atoms with E-state index in [1.54, 1.807) is 34.0 Å². The third kappa shape index (κ3) is 7.02. The highest BCUT2D eigenvalue weighted by atomic mass is 16.3. The number of carbonyl (C=O) groups is 5. The highest BCUT2D eigenvalue weighted by Gasteiger charge is 2.45. The molecule has 0 radical (unpaired) electrons. The van der Waals surface area contributed by atoms with Crippen LogP contribution in [0.3, 0.4) is 0 Å². The number of benzene rings is 3. The minimum Gasteiger partial charge on any atom is -0.389 e. The van der Waals surface area contributed by atoms with Crippen LogP contribution < -0.4 is 20.9 Å². The topological polar surface area (TPSA) is 195 Å². The van der Waals surface area contributed by atoms with E-state index in [4.69, 9.17) is 4.98 Å². The Morgan fingerprint density at radius 1 is 0.915 bits per heavy atom. The Morgan fingerprint density at radius 3 is 2.44 bits per heavy atom. The molecular formula is C43H44N10O6. The molecule has 1 unspecified atom stereocenters. The molecular weight excluding hydrogens is 753 g/mol. The summed E-state index contributed by atoms with van der Waals surface area (Å²) >= 11 is 0. The minimum atomic E-state index is -1.20. The van der Waals surface area contributed by atoms with Crippen LogP contribution in [0.5, 0.6) is 0 Å². The van der Waals surface area contributed by atoms with Gasteiger partial charge < -0.3 is 25.5 Å². The van der Waals surface area contributed by atoms with Gasteiger partial charge in [-0.1, -0.05) is 24.3 Å². The summed E-state index contributed by atoms with van der Waals surface area (Å²) in [5, 5.41) is 26.1. The summed E-state index contributed by atoms with van der Waals surface area (Å²) < 4.78 is 1.73. The highest BCUT2D eigenvalue weighted by molar-refractivity contribution is 6.23. The number of aryl methyl sites for hydroxylation is 3. The van der Waals surface area contributed by atoms with Crippen LogP contribution >= 0.6 is 0 Å². The molecule has 59 heavy (non-hydrogen) atoms. The zero-order valence-electron chi connectivity index (χ0n) is 33.0. The number of imide groups is 2. The lowest BCUT2D eigenvalue weighted by molar-refractivity contribution is -0.138. The molecule has 5 amide bonds. The summed E-state index contributed by atoms with van der Waals surface area (Å²) in [6.45, 7) is 5.96. The van der Waals surface area contributed by atoms with Gasteiger partial charge in [-0.05, 0) is 92.1 Å². The molecule has 0 spiro atoms. The number of fused-ring (bicyclic) bond motifs is 3. The monoisotopic (exact) mass is 796 g/mol. The quantitative estimate of drug-likeness (QED) is 0.164. The summed E-state index contributed by atoms with van der Waals surface area (Å²) in [5.74, 6) is -1.22. The third-order valence-electron chi connectivity index (χ3n) is 12.1. The molecule has 5 aromatic rings. The minimum absolute atomic E-state index is 0.00891. The van der Waals surface area contributed by atoms with Crippen molar-refractivity contribution in [3.63, 3.8) is 0 Å². The van der Waals surface area contributed by atoms with E-state index in [0.717, 1.165) is 43.9 Å². The van der Waals surface area contributed by atoms with Crippen molar-refractivity contribution < 1.29 is 29.1 Å². The molecule has 6 heterocycles. The Hall–Kier alpha value is -6.68. The number of anilines is 5. The number of piperidine rings is 2. The molecule has 0 bridgehead atoms. The predicted octanol–water partition coefficient (Wildman–Crippen LogP) is 4.17. The van der Waals surface area contributed by atoms with Gasteiger partial charge in [-0.25, -0.2) is 9.67 Å². The fourth-order valence-electron chi connectivity index (χ4n) is 8.70. The maximum Gasteiger partial charge on any atom is 0.262 e. The van der Waals surface area contributed by atoms with Crippen LogP contribution in [0.15, 0.2) is 60.8 Å². The van der Waals surface area contributed by atoms with Crippen LogP contribution in [0.2, 0.25) is 0 Å². The molecule has 2 fully saturated rings. The molecule has 1 atom stereocenters. The number of carbonyl (C=O) groups excluding carboxylic acids is 5. The molecule has 2 saturated heterocycles. The first-order chi connectivity index (χ1) is 28.3. The Morgan fingerprint density at radius 2 is 1.68 bits per heavy atom. The lowest BCUT2D eigenvalue weighted by Crippen LogP contribution is -2.54. The van der Waals surface area contributed by atoms with Gasteiger partial charge in [0.1, 0.15) is 6.04 Å². The van der Waals surface area contributed by atoms with Crippen LogP contribution in [0.1, 0.15) is 75.1 Å². The molecule has 16 nitrogen and oxygen atoms in total. The lowest BCUT2D eigenvalue weighted by atomic mass is 9.87. The number of para-hydroxylation sites is 1. The van der Waals surface area contributed by atoms with Crippen LogP contribution in [0.4, 0.5) is 28.8 Å². The van der Waals surface area contributed by atoms with E-state index in [-0.39, 0.29) is 36.3 Å². The molecule has 0 saturated carbocycles. The smallest absolute Gasteiger partial charge is 0.262 e. The molecule has 2 aromatic heterocycles. The maximum atomic E-state index is 13.7. The molecule has 4 aliphatic heterocycles. The average Bonchev–Trinajstić information content (AvgIpc) is 3.66. The molecule has 4 N–H and O–H groups in total. The molecule has 9 rings (SSSR count). The van der Waals surface area contributed by atoms with Gasteiger partial charge in [0.25, 0.3) is 11.8 Å². The van der Waals surface area contributed by atoms with E-state index in [0.29, 0.717) is 68.5 Å². The van der Waals surface area contributed by atoms with Crippen molar-refractivity contribution in [1.29, 1.82) is 0 Å².